The fourth-order valence-electron chi connectivity index (χ4n) is 1.76. The first-order chi connectivity index (χ1) is 7.45. The normalized spacial score (nSPS) is 11.9. The first kappa shape index (κ1) is 12.2. The molecule has 5 nitrogen and oxygen atoms in total. The molecule has 0 bridgehead atoms. The molecule has 1 unspecified atom stereocenters. The zero-order valence-corrected chi connectivity index (χ0v) is 9.70. The zero-order valence-electron chi connectivity index (χ0n) is 9.70. The molecule has 88 valence electrons. The smallest absolute Gasteiger partial charge is 0.405 e. The number of nitrogen functional groups attached to an aromatic ring is 1. The van der Waals surface area contributed by atoms with Crippen molar-refractivity contribution in [1.29, 1.82) is 0 Å². The molecule has 0 aliphatic carbocycles. The van der Waals surface area contributed by atoms with E-state index in [0.29, 0.717) is 5.69 Å². The molecule has 0 aliphatic rings. The second-order valence-electron chi connectivity index (χ2n) is 3.63. The van der Waals surface area contributed by atoms with Crippen LogP contribution in [0.1, 0.15) is 24.2 Å². The number of aryl methyl sites for hydroxylation is 1. The molecule has 0 spiro atoms. The van der Waals surface area contributed by atoms with Crippen molar-refractivity contribution in [2.45, 2.75) is 20.0 Å². The highest BCUT2D eigenvalue weighted by Gasteiger charge is 2.15. The van der Waals surface area contributed by atoms with Crippen LogP contribution in [0.15, 0.2) is 12.1 Å². The fourth-order valence-corrected chi connectivity index (χ4v) is 1.76. The number of nitrogens with one attached hydrogen (secondary N) is 1. The number of anilines is 2. The van der Waals surface area contributed by atoms with Gasteiger partial charge in [0, 0.05) is 24.0 Å². The average Bonchev–Trinajstić information content (AvgIpc) is 2.15. The maximum absolute atomic E-state index is 10.7. The molecule has 16 heavy (non-hydrogen) atoms. The third kappa shape index (κ3) is 2.56. The summed E-state index contributed by atoms with van der Waals surface area (Å²) in [7, 11) is 1.82. The fraction of sp³-hybridized carbons (Fsp3) is 0.364. The Labute approximate surface area is 94.8 Å². The molecule has 0 heterocycles. The quantitative estimate of drug-likeness (QED) is 0.681. The summed E-state index contributed by atoms with van der Waals surface area (Å²) in [5, 5.41) is 3.00. The lowest BCUT2D eigenvalue weighted by atomic mass is 10.0. The SMILES string of the molecule is CNc1cc(C)c(C(C)OC(N)=O)c(N)c1. The van der Waals surface area contributed by atoms with Crippen LogP contribution in [0.4, 0.5) is 16.2 Å². The number of carbonyl (C=O) groups is 1. The summed E-state index contributed by atoms with van der Waals surface area (Å²) in [5.41, 5.74) is 14.1. The number of rotatable bonds is 3. The molecule has 1 atom stereocenters. The molecule has 1 aromatic rings. The summed E-state index contributed by atoms with van der Waals surface area (Å²) in [6, 6.07) is 3.73. The Morgan fingerprint density at radius 3 is 2.56 bits per heavy atom. The highest BCUT2D eigenvalue weighted by molar-refractivity contribution is 5.67. The molecule has 0 saturated carbocycles. The summed E-state index contributed by atoms with van der Waals surface area (Å²) in [5.74, 6) is 0. The highest BCUT2D eigenvalue weighted by atomic mass is 16.6. The van der Waals surface area contributed by atoms with E-state index in [2.05, 4.69) is 5.32 Å². The standard InChI is InChI=1S/C11H17N3O2/c1-6-4-8(14-3)5-9(12)10(6)7(2)16-11(13)15/h4-5,7,14H,12H2,1-3H3,(H2,13,15). The highest BCUT2D eigenvalue weighted by Crippen LogP contribution is 2.29. The lowest BCUT2D eigenvalue weighted by Crippen LogP contribution is -2.17. The predicted molar refractivity (Wildman–Crippen MR) is 64.2 cm³/mol. The number of benzene rings is 1. The van der Waals surface area contributed by atoms with Crippen LogP contribution in [0, 0.1) is 6.92 Å². The summed E-state index contributed by atoms with van der Waals surface area (Å²) in [6.45, 7) is 3.65. The van der Waals surface area contributed by atoms with Crippen molar-refractivity contribution in [1.82, 2.24) is 0 Å². The number of amides is 1. The number of carbonyl (C=O) groups excluding carboxylic acids is 1. The van der Waals surface area contributed by atoms with E-state index in [1.807, 2.05) is 20.0 Å². The third-order valence-electron chi connectivity index (χ3n) is 2.41. The van der Waals surface area contributed by atoms with E-state index >= 15 is 0 Å². The first-order valence-corrected chi connectivity index (χ1v) is 4.99. The van der Waals surface area contributed by atoms with Gasteiger partial charge in [-0.3, -0.25) is 0 Å². The number of hydrogen-bond donors (Lipinski definition) is 3. The van der Waals surface area contributed by atoms with Gasteiger partial charge in [-0.25, -0.2) is 4.79 Å². The van der Waals surface area contributed by atoms with Gasteiger partial charge in [-0.15, -0.1) is 0 Å². The molecule has 0 aliphatic heterocycles. The van der Waals surface area contributed by atoms with Crippen LogP contribution in [0.5, 0.6) is 0 Å². The van der Waals surface area contributed by atoms with Crippen molar-refractivity contribution >= 4 is 17.5 Å². The second kappa shape index (κ2) is 4.74. The Morgan fingerprint density at radius 1 is 1.50 bits per heavy atom. The zero-order chi connectivity index (χ0) is 12.3. The molecule has 1 rings (SSSR count). The summed E-state index contributed by atoms with van der Waals surface area (Å²) in [4.78, 5) is 10.7. The van der Waals surface area contributed by atoms with Crippen LogP contribution in [0.25, 0.3) is 0 Å². The molecule has 1 aromatic carbocycles. The van der Waals surface area contributed by atoms with Gasteiger partial charge in [-0.1, -0.05) is 0 Å². The van der Waals surface area contributed by atoms with E-state index in [4.69, 9.17) is 16.2 Å². The van der Waals surface area contributed by atoms with Crippen LogP contribution in [0.3, 0.4) is 0 Å². The van der Waals surface area contributed by atoms with Crippen LogP contribution >= 0.6 is 0 Å². The Kier molecular flexibility index (Phi) is 3.60. The van der Waals surface area contributed by atoms with Gasteiger partial charge in [0.15, 0.2) is 0 Å². The minimum absolute atomic E-state index is 0.441. The number of nitrogens with two attached hydrogens (primary N) is 2. The van der Waals surface area contributed by atoms with Gasteiger partial charge in [0.25, 0.3) is 0 Å². The van der Waals surface area contributed by atoms with Gasteiger partial charge in [0.2, 0.25) is 0 Å². The van der Waals surface area contributed by atoms with Crippen LogP contribution in [-0.2, 0) is 4.74 Å². The molecule has 0 fully saturated rings. The Balaban J connectivity index is 3.08. The average molecular weight is 223 g/mol. The van der Waals surface area contributed by atoms with E-state index in [9.17, 15) is 4.79 Å². The summed E-state index contributed by atoms with van der Waals surface area (Å²) >= 11 is 0. The molecule has 0 saturated heterocycles. The molecule has 0 radical (unpaired) electrons. The van der Waals surface area contributed by atoms with Gasteiger partial charge < -0.3 is 21.5 Å². The summed E-state index contributed by atoms with van der Waals surface area (Å²) in [6.07, 6.45) is -1.24. The lowest BCUT2D eigenvalue weighted by Gasteiger charge is -2.18. The molecule has 5 N–H and O–H groups in total. The van der Waals surface area contributed by atoms with E-state index in [0.717, 1.165) is 16.8 Å². The van der Waals surface area contributed by atoms with Crippen LogP contribution in [0.2, 0.25) is 0 Å². The molecular weight excluding hydrogens is 206 g/mol. The van der Waals surface area contributed by atoms with E-state index in [-0.39, 0.29) is 0 Å². The third-order valence-corrected chi connectivity index (χ3v) is 2.41. The molecule has 5 heteroatoms. The first-order valence-electron chi connectivity index (χ1n) is 4.99. The van der Waals surface area contributed by atoms with E-state index < -0.39 is 12.2 Å². The van der Waals surface area contributed by atoms with Gasteiger partial charge in [0.1, 0.15) is 6.10 Å². The van der Waals surface area contributed by atoms with Crippen molar-refractivity contribution in [3.63, 3.8) is 0 Å². The molecule has 1 amide bonds. The van der Waals surface area contributed by atoms with Crippen molar-refractivity contribution in [3.8, 4) is 0 Å². The number of ether oxygens (including phenoxy) is 1. The monoisotopic (exact) mass is 223 g/mol. The van der Waals surface area contributed by atoms with E-state index in [1.165, 1.54) is 0 Å². The molecular formula is C11H17N3O2. The number of hydrogen-bond acceptors (Lipinski definition) is 4. The van der Waals surface area contributed by atoms with Crippen LogP contribution < -0.4 is 16.8 Å². The van der Waals surface area contributed by atoms with Gasteiger partial charge in [-0.2, -0.15) is 0 Å². The van der Waals surface area contributed by atoms with Gasteiger partial charge in [0.05, 0.1) is 0 Å². The van der Waals surface area contributed by atoms with Crippen LogP contribution in [-0.4, -0.2) is 13.1 Å². The minimum atomic E-state index is -0.802. The van der Waals surface area contributed by atoms with Crippen molar-refractivity contribution < 1.29 is 9.53 Å². The largest absolute Gasteiger partial charge is 0.442 e. The van der Waals surface area contributed by atoms with Crippen molar-refractivity contribution in [2.75, 3.05) is 18.1 Å². The van der Waals surface area contributed by atoms with Gasteiger partial charge >= 0.3 is 6.09 Å². The van der Waals surface area contributed by atoms with Crippen molar-refractivity contribution in [3.05, 3.63) is 23.3 Å². The minimum Gasteiger partial charge on any atom is -0.442 e. The van der Waals surface area contributed by atoms with E-state index in [1.54, 1.807) is 13.0 Å². The van der Waals surface area contributed by atoms with Crippen molar-refractivity contribution in [2.24, 2.45) is 5.73 Å². The topological polar surface area (TPSA) is 90.4 Å². The second-order valence-corrected chi connectivity index (χ2v) is 3.63. The lowest BCUT2D eigenvalue weighted by molar-refractivity contribution is 0.117. The predicted octanol–water partition coefficient (Wildman–Crippen LogP) is 1.78. The summed E-state index contributed by atoms with van der Waals surface area (Å²) < 4.78 is 4.91. The maximum atomic E-state index is 10.7. The number of primary amides is 1. The maximum Gasteiger partial charge on any atom is 0.405 e. The molecule has 0 aromatic heterocycles. The Morgan fingerprint density at radius 2 is 2.12 bits per heavy atom. The van der Waals surface area contributed by atoms with Gasteiger partial charge in [-0.05, 0) is 31.5 Å². The Hall–Kier alpha value is -1.91. The Bertz CT molecular complexity index is 381.